The van der Waals surface area contributed by atoms with Gasteiger partial charge in [-0.3, -0.25) is 4.57 Å². The highest BCUT2D eigenvalue weighted by Gasteiger charge is 2.28. The molecular formula is C38H27N3. The van der Waals surface area contributed by atoms with Crippen molar-refractivity contribution in [3.8, 4) is 50.5 Å². The molecule has 0 atom stereocenters. The van der Waals surface area contributed by atoms with Gasteiger partial charge in [-0.15, -0.1) is 0 Å². The molecular weight excluding hydrogens is 498 g/mol. The average molecular weight is 531 g/mol. The second kappa shape index (κ2) is 9.35. The first-order valence-corrected chi connectivity index (χ1v) is 13.6. The van der Waals surface area contributed by atoms with Gasteiger partial charge in [0.25, 0.3) is 0 Å². The number of hydrogen-bond donors (Lipinski definition) is 0. The molecule has 6 aromatic carbocycles. The number of fused-ring (bicyclic) bond motifs is 2. The Hall–Kier alpha value is -5.41. The number of benzene rings is 6. The van der Waals surface area contributed by atoms with Crippen LogP contribution in [0.2, 0.25) is 0 Å². The van der Waals surface area contributed by atoms with E-state index in [2.05, 4.69) is 89.3 Å². The molecule has 194 valence electrons. The predicted octanol–water partition coefficient (Wildman–Crippen LogP) is 9.77. The molecule has 3 nitrogen and oxygen atoms in total. The quantitative estimate of drug-likeness (QED) is 0.226. The highest BCUT2D eigenvalue weighted by molar-refractivity contribution is 6.03. The van der Waals surface area contributed by atoms with Gasteiger partial charge in [0.05, 0.1) is 34.9 Å². The maximum Gasteiger partial charge on any atom is 0.145 e. The van der Waals surface area contributed by atoms with E-state index in [-0.39, 0.29) is 35.8 Å². The van der Waals surface area contributed by atoms with Crippen LogP contribution in [-0.4, -0.2) is 16.6 Å². The smallest absolute Gasteiger partial charge is 0.145 e. The summed E-state index contributed by atoms with van der Waals surface area (Å²) in [6.07, 6.45) is 0. The molecule has 0 saturated heterocycles. The lowest BCUT2D eigenvalue weighted by Crippen LogP contribution is -2.19. The molecule has 1 aliphatic rings. The Labute approximate surface area is 246 Å². The normalized spacial score (nSPS) is 13.7. The SMILES string of the molecule is [2H]c1c([2H])c([2H])c(-c2ccc(-c3ccc(-c4cccc5c4N(C)c4cccc6nc(-c7ccccc7)n-5c46)cc3)cc2)c([2H])c1[2H]. The van der Waals surface area contributed by atoms with E-state index < -0.39 is 0 Å². The molecule has 0 unspecified atom stereocenters. The van der Waals surface area contributed by atoms with Crippen LogP contribution in [0.15, 0.2) is 145 Å². The van der Waals surface area contributed by atoms with Crippen LogP contribution in [-0.2, 0) is 0 Å². The summed E-state index contributed by atoms with van der Waals surface area (Å²) in [5, 5.41) is 0. The van der Waals surface area contributed by atoms with Gasteiger partial charge in [-0.25, -0.2) is 4.98 Å². The third-order valence-electron chi connectivity index (χ3n) is 7.84. The molecule has 1 aliphatic heterocycles. The fourth-order valence-electron chi connectivity index (χ4n) is 5.88. The molecule has 8 rings (SSSR count). The maximum atomic E-state index is 8.31. The Kier molecular flexibility index (Phi) is 4.29. The Morgan fingerprint density at radius 2 is 1.15 bits per heavy atom. The number of para-hydroxylation sites is 2. The molecule has 3 heteroatoms. The highest BCUT2D eigenvalue weighted by atomic mass is 15.2. The van der Waals surface area contributed by atoms with Crippen LogP contribution in [0.25, 0.3) is 61.5 Å². The molecule has 0 spiro atoms. The average Bonchev–Trinajstić information content (AvgIpc) is 3.50. The maximum absolute atomic E-state index is 8.31. The lowest BCUT2D eigenvalue weighted by atomic mass is 9.96. The summed E-state index contributed by atoms with van der Waals surface area (Å²) in [6, 6.07) is 37.5. The lowest BCUT2D eigenvalue weighted by molar-refractivity contribution is 1.05. The molecule has 2 heterocycles. The van der Waals surface area contributed by atoms with Gasteiger partial charge in [0, 0.05) is 18.2 Å². The molecule has 41 heavy (non-hydrogen) atoms. The molecule has 0 amide bonds. The first kappa shape index (κ1) is 18.8. The van der Waals surface area contributed by atoms with E-state index in [1.807, 2.05) is 42.5 Å². The fourth-order valence-corrected chi connectivity index (χ4v) is 5.88. The number of rotatable bonds is 4. The summed E-state index contributed by atoms with van der Waals surface area (Å²) < 4.78 is 42.8. The van der Waals surface area contributed by atoms with Crippen LogP contribution in [0, 0.1) is 0 Å². The summed E-state index contributed by atoms with van der Waals surface area (Å²) in [5.74, 6) is 0.914. The minimum Gasteiger partial charge on any atom is -0.341 e. The van der Waals surface area contributed by atoms with Crippen molar-refractivity contribution in [2.45, 2.75) is 0 Å². The van der Waals surface area contributed by atoms with Gasteiger partial charge in [0.15, 0.2) is 0 Å². The van der Waals surface area contributed by atoms with Gasteiger partial charge in [-0.2, -0.15) is 0 Å². The number of aromatic nitrogens is 2. The fraction of sp³-hybridized carbons (Fsp3) is 0.0263. The van der Waals surface area contributed by atoms with Crippen molar-refractivity contribution in [2.24, 2.45) is 0 Å². The minimum absolute atomic E-state index is 0.200. The van der Waals surface area contributed by atoms with E-state index in [0.29, 0.717) is 5.56 Å². The second-order valence-electron chi connectivity index (χ2n) is 10.2. The van der Waals surface area contributed by atoms with Crippen LogP contribution in [0.1, 0.15) is 6.85 Å². The van der Waals surface area contributed by atoms with E-state index in [0.717, 1.165) is 61.7 Å². The van der Waals surface area contributed by atoms with Crippen molar-refractivity contribution in [3.05, 3.63) is 145 Å². The van der Waals surface area contributed by atoms with E-state index >= 15 is 0 Å². The zero-order chi connectivity index (χ0) is 31.7. The highest BCUT2D eigenvalue weighted by Crippen LogP contribution is 2.48. The van der Waals surface area contributed by atoms with Crippen LogP contribution in [0.4, 0.5) is 11.4 Å². The van der Waals surface area contributed by atoms with Crippen molar-refractivity contribution in [3.63, 3.8) is 0 Å². The zero-order valence-electron chi connectivity index (χ0n) is 27.3. The van der Waals surface area contributed by atoms with Gasteiger partial charge in [0.2, 0.25) is 0 Å². The third kappa shape index (κ3) is 3.78. The van der Waals surface area contributed by atoms with Crippen molar-refractivity contribution < 1.29 is 6.85 Å². The van der Waals surface area contributed by atoms with E-state index in [9.17, 15) is 0 Å². The van der Waals surface area contributed by atoms with Crippen molar-refractivity contribution in [1.82, 2.24) is 9.55 Å². The summed E-state index contributed by atoms with van der Waals surface area (Å²) in [6.45, 7) is 0. The van der Waals surface area contributed by atoms with Gasteiger partial charge in [0.1, 0.15) is 5.82 Å². The minimum atomic E-state index is -0.388. The molecule has 0 radical (unpaired) electrons. The van der Waals surface area contributed by atoms with Crippen LogP contribution in [0.5, 0.6) is 0 Å². The Bertz CT molecular complexity index is 2280. The van der Waals surface area contributed by atoms with Gasteiger partial charge < -0.3 is 4.90 Å². The molecule has 0 fully saturated rings. The summed E-state index contributed by atoms with van der Waals surface area (Å²) in [4.78, 5) is 7.33. The molecule has 0 aliphatic carbocycles. The lowest BCUT2D eigenvalue weighted by Gasteiger charge is -2.32. The monoisotopic (exact) mass is 530 g/mol. The standard InChI is InChI=1S/C38H27N3/c1-40-34-16-9-15-33-37(34)41(38(39-33)31-12-6-3-7-13-31)35-17-8-14-32(36(35)40)30-24-22-29(23-25-30)28-20-18-27(19-21-28)26-10-4-2-5-11-26/h2-25H,1H3/i2D,4D,5D,10D,11D. The number of hydrogen-bond acceptors (Lipinski definition) is 2. The van der Waals surface area contributed by atoms with Gasteiger partial charge in [-0.05, 0) is 46.0 Å². The zero-order valence-corrected chi connectivity index (χ0v) is 22.3. The first-order chi connectivity index (χ1) is 22.3. The largest absolute Gasteiger partial charge is 0.341 e. The predicted molar refractivity (Wildman–Crippen MR) is 171 cm³/mol. The van der Waals surface area contributed by atoms with E-state index in [1.54, 1.807) is 0 Å². The van der Waals surface area contributed by atoms with Crippen molar-refractivity contribution >= 4 is 22.4 Å². The molecule has 0 N–H and O–H groups in total. The number of anilines is 2. The topological polar surface area (TPSA) is 21.1 Å². The second-order valence-corrected chi connectivity index (χ2v) is 10.2. The van der Waals surface area contributed by atoms with Crippen molar-refractivity contribution in [2.75, 3.05) is 11.9 Å². The first-order valence-electron chi connectivity index (χ1n) is 16.1. The van der Waals surface area contributed by atoms with Crippen LogP contribution >= 0.6 is 0 Å². The van der Waals surface area contributed by atoms with Crippen LogP contribution < -0.4 is 4.90 Å². The van der Waals surface area contributed by atoms with Gasteiger partial charge >= 0.3 is 0 Å². The Morgan fingerprint density at radius 1 is 0.537 bits per heavy atom. The number of nitrogens with zero attached hydrogens (tertiary/aromatic N) is 3. The van der Waals surface area contributed by atoms with Gasteiger partial charge in [-0.1, -0.05) is 127 Å². The number of imidazole rings is 1. The van der Waals surface area contributed by atoms with E-state index in [4.69, 9.17) is 11.8 Å². The summed E-state index contributed by atoms with van der Waals surface area (Å²) in [5.41, 5.74) is 11.4. The molecule has 1 aromatic heterocycles. The van der Waals surface area contributed by atoms with E-state index in [1.165, 1.54) is 0 Å². The summed E-state index contributed by atoms with van der Waals surface area (Å²) in [7, 11) is 2.11. The molecule has 0 bridgehead atoms. The Morgan fingerprint density at radius 3 is 1.85 bits per heavy atom. The molecule has 7 aromatic rings. The third-order valence-corrected chi connectivity index (χ3v) is 7.84. The molecule has 0 saturated carbocycles. The Balaban J connectivity index is 1.18. The van der Waals surface area contributed by atoms with Crippen LogP contribution in [0.3, 0.4) is 0 Å². The summed E-state index contributed by atoms with van der Waals surface area (Å²) >= 11 is 0. The van der Waals surface area contributed by atoms with Crippen molar-refractivity contribution in [1.29, 1.82) is 0 Å².